The van der Waals surface area contributed by atoms with Crippen LogP contribution in [0.2, 0.25) is 0 Å². The van der Waals surface area contributed by atoms with E-state index in [9.17, 15) is 0 Å². The summed E-state index contributed by atoms with van der Waals surface area (Å²) in [5.41, 5.74) is 7.13. The molecule has 2 fully saturated rings. The van der Waals surface area contributed by atoms with Gasteiger partial charge in [0.1, 0.15) is 5.82 Å². The lowest BCUT2D eigenvalue weighted by Crippen LogP contribution is -2.58. The molecule has 0 saturated carbocycles. The Morgan fingerprint density at radius 2 is 2.26 bits per heavy atom. The molecule has 104 valence electrons. The average Bonchev–Trinajstić information content (AvgIpc) is 2.42. The van der Waals surface area contributed by atoms with Gasteiger partial charge in [0.25, 0.3) is 0 Å². The Morgan fingerprint density at radius 1 is 1.37 bits per heavy atom. The predicted octanol–water partition coefficient (Wildman–Crippen LogP) is 1.72. The lowest BCUT2D eigenvalue weighted by Gasteiger charge is -2.47. The minimum absolute atomic E-state index is 0.606. The van der Waals surface area contributed by atoms with Gasteiger partial charge in [-0.1, -0.05) is 12.5 Å². The van der Waals surface area contributed by atoms with Crippen LogP contribution in [-0.4, -0.2) is 46.5 Å². The number of aromatic nitrogens is 1. The van der Waals surface area contributed by atoms with Gasteiger partial charge in [0.2, 0.25) is 0 Å². The van der Waals surface area contributed by atoms with Crippen molar-refractivity contribution in [2.45, 2.75) is 44.8 Å². The van der Waals surface area contributed by atoms with Gasteiger partial charge in [0, 0.05) is 43.5 Å². The van der Waals surface area contributed by atoms with Gasteiger partial charge in [-0.2, -0.15) is 0 Å². The molecule has 2 atom stereocenters. The quantitative estimate of drug-likeness (QED) is 0.879. The van der Waals surface area contributed by atoms with Crippen LogP contribution in [-0.2, 0) is 6.54 Å². The van der Waals surface area contributed by atoms with E-state index in [2.05, 4.69) is 27.8 Å². The van der Waals surface area contributed by atoms with Crippen LogP contribution in [0.25, 0.3) is 0 Å². The Morgan fingerprint density at radius 3 is 3.11 bits per heavy atom. The second kappa shape index (κ2) is 5.47. The Bertz CT molecular complexity index is 434. The van der Waals surface area contributed by atoms with E-state index in [0.717, 1.165) is 12.6 Å². The Balaban J connectivity index is 1.69. The normalized spacial score (nSPS) is 29.1. The minimum atomic E-state index is 0.606. The highest BCUT2D eigenvalue weighted by atomic mass is 15.3. The van der Waals surface area contributed by atoms with Crippen LogP contribution in [0, 0.1) is 0 Å². The molecule has 2 aliphatic heterocycles. The van der Waals surface area contributed by atoms with Crippen LogP contribution in [0.1, 0.15) is 31.7 Å². The molecule has 19 heavy (non-hydrogen) atoms. The molecule has 0 amide bonds. The van der Waals surface area contributed by atoms with E-state index in [1.807, 2.05) is 6.07 Å². The van der Waals surface area contributed by atoms with Crippen LogP contribution < -0.4 is 5.73 Å². The number of nitrogens with zero attached hydrogens (tertiary/aromatic N) is 3. The second-order valence-corrected chi connectivity index (χ2v) is 5.97. The highest BCUT2D eigenvalue weighted by Gasteiger charge is 2.32. The highest BCUT2D eigenvalue weighted by molar-refractivity contribution is 5.38. The van der Waals surface area contributed by atoms with Crippen LogP contribution in [0.15, 0.2) is 18.3 Å². The third kappa shape index (κ3) is 2.74. The maximum absolute atomic E-state index is 5.97. The third-order valence-electron chi connectivity index (χ3n) is 4.62. The van der Waals surface area contributed by atoms with Gasteiger partial charge >= 0.3 is 0 Å². The predicted molar refractivity (Wildman–Crippen MR) is 77.7 cm³/mol. The van der Waals surface area contributed by atoms with Gasteiger partial charge in [0.05, 0.1) is 0 Å². The first-order chi connectivity index (χ1) is 9.24. The summed E-state index contributed by atoms with van der Waals surface area (Å²) in [6, 6.07) is 5.44. The molecule has 0 bridgehead atoms. The van der Waals surface area contributed by atoms with Gasteiger partial charge in [-0.15, -0.1) is 0 Å². The van der Waals surface area contributed by atoms with E-state index in [0.29, 0.717) is 11.9 Å². The number of hydrogen-bond acceptors (Lipinski definition) is 4. The highest BCUT2D eigenvalue weighted by Crippen LogP contribution is 2.25. The van der Waals surface area contributed by atoms with Crippen molar-refractivity contribution in [2.75, 3.05) is 25.4 Å². The number of anilines is 1. The molecule has 1 aromatic rings. The number of nitrogen functional groups attached to an aromatic ring is 1. The smallest absolute Gasteiger partial charge is 0.127 e. The molecule has 4 nitrogen and oxygen atoms in total. The molecule has 2 saturated heterocycles. The van der Waals surface area contributed by atoms with Gasteiger partial charge in [-0.25, -0.2) is 4.98 Å². The molecular weight excluding hydrogens is 236 g/mol. The maximum Gasteiger partial charge on any atom is 0.127 e. The largest absolute Gasteiger partial charge is 0.383 e. The first-order valence-corrected chi connectivity index (χ1v) is 7.41. The molecule has 2 N–H and O–H groups in total. The van der Waals surface area contributed by atoms with Gasteiger partial charge < -0.3 is 5.73 Å². The van der Waals surface area contributed by atoms with Crippen molar-refractivity contribution in [3.8, 4) is 0 Å². The molecule has 3 rings (SSSR count). The summed E-state index contributed by atoms with van der Waals surface area (Å²) in [6.45, 7) is 6.93. The summed E-state index contributed by atoms with van der Waals surface area (Å²) in [7, 11) is 0. The SMILES string of the molecule is CC1CN2CCCCC2CN1Cc1cccnc1N. The van der Waals surface area contributed by atoms with Crippen LogP contribution in [0.3, 0.4) is 0 Å². The van der Waals surface area contributed by atoms with Gasteiger partial charge in [-0.05, 0) is 32.4 Å². The zero-order chi connectivity index (χ0) is 13.2. The summed E-state index contributed by atoms with van der Waals surface area (Å²) in [5, 5.41) is 0. The number of piperidine rings is 1. The Labute approximate surface area is 115 Å². The van der Waals surface area contributed by atoms with Crippen LogP contribution >= 0.6 is 0 Å². The monoisotopic (exact) mass is 260 g/mol. The third-order valence-corrected chi connectivity index (χ3v) is 4.62. The molecule has 2 aliphatic rings. The zero-order valence-corrected chi connectivity index (χ0v) is 11.8. The maximum atomic E-state index is 5.97. The molecule has 1 aromatic heterocycles. The zero-order valence-electron chi connectivity index (χ0n) is 11.8. The number of rotatable bonds is 2. The minimum Gasteiger partial charge on any atom is -0.383 e. The van der Waals surface area contributed by atoms with E-state index < -0.39 is 0 Å². The summed E-state index contributed by atoms with van der Waals surface area (Å²) in [5.74, 6) is 0.681. The van der Waals surface area contributed by atoms with Crippen molar-refractivity contribution in [3.63, 3.8) is 0 Å². The molecule has 0 aromatic carbocycles. The fourth-order valence-corrected chi connectivity index (χ4v) is 3.44. The van der Waals surface area contributed by atoms with Gasteiger partial charge in [-0.3, -0.25) is 9.80 Å². The molecule has 0 spiro atoms. The van der Waals surface area contributed by atoms with E-state index >= 15 is 0 Å². The van der Waals surface area contributed by atoms with Crippen molar-refractivity contribution < 1.29 is 0 Å². The number of fused-ring (bicyclic) bond motifs is 1. The number of pyridine rings is 1. The molecule has 0 aliphatic carbocycles. The number of piperazine rings is 1. The number of hydrogen-bond donors (Lipinski definition) is 1. The fraction of sp³-hybridized carbons (Fsp3) is 0.667. The number of nitrogens with two attached hydrogens (primary N) is 1. The Hall–Kier alpha value is -1.13. The van der Waals surface area contributed by atoms with Crippen molar-refractivity contribution in [1.29, 1.82) is 0 Å². The summed E-state index contributed by atoms with van der Waals surface area (Å²) in [4.78, 5) is 9.44. The lowest BCUT2D eigenvalue weighted by atomic mass is 9.97. The van der Waals surface area contributed by atoms with Crippen LogP contribution in [0.4, 0.5) is 5.82 Å². The summed E-state index contributed by atoms with van der Waals surface area (Å²) in [6.07, 6.45) is 5.88. The molecule has 2 unspecified atom stereocenters. The van der Waals surface area contributed by atoms with Crippen molar-refractivity contribution >= 4 is 5.82 Å². The summed E-state index contributed by atoms with van der Waals surface area (Å²) >= 11 is 0. The van der Waals surface area contributed by atoms with E-state index in [1.165, 1.54) is 44.5 Å². The molecule has 0 radical (unpaired) electrons. The Kier molecular flexibility index (Phi) is 3.71. The second-order valence-electron chi connectivity index (χ2n) is 5.97. The van der Waals surface area contributed by atoms with E-state index in [4.69, 9.17) is 5.73 Å². The molecule has 4 heteroatoms. The van der Waals surface area contributed by atoms with Crippen molar-refractivity contribution in [1.82, 2.24) is 14.8 Å². The lowest BCUT2D eigenvalue weighted by molar-refractivity contribution is 0.0111. The standard InChI is InChI=1S/C15H24N4/c1-12-9-18-8-3-2-6-14(18)11-19(12)10-13-5-4-7-17-15(13)16/h4-5,7,12,14H,2-3,6,8-11H2,1H3,(H2,16,17). The molecule has 3 heterocycles. The topological polar surface area (TPSA) is 45.4 Å². The first-order valence-electron chi connectivity index (χ1n) is 7.41. The van der Waals surface area contributed by atoms with Gasteiger partial charge in [0.15, 0.2) is 0 Å². The first kappa shape index (κ1) is 12.9. The molecular formula is C15H24N4. The van der Waals surface area contributed by atoms with Crippen molar-refractivity contribution in [2.24, 2.45) is 0 Å². The summed E-state index contributed by atoms with van der Waals surface area (Å²) < 4.78 is 0. The van der Waals surface area contributed by atoms with Crippen LogP contribution in [0.5, 0.6) is 0 Å². The average molecular weight is 260 g/mol. The van der Waals surface area contributed by atoms with Crippen molar-refractivity contribution in [3.05, 3.63) is 23.9 Å². The van der Waals surface area contributed by atoms with E-state index in [1.54, 1.807) is 6.20 Å². The fourth-order valence-electron chi connectivity index (χ4n) is 3.44. The van der Waals surface area contributed by atoms with E-state index in [-0.39, 0.29) is 0 Å².